The van der Waals surface area contributed by atoms with Gasteiger partial charge in [0.25, 0.3) is 5.24 Å². The SMILES string of the molecule is C=C(OOCC)Oc1ccc(CC2SC(=O)NC2=O)cc1. The molecule has 0 aromatic heterocycles. The van der Waals surface area contributed by atoms with Crippen molar-refractivity contribution >= 4 is 22.9 Å². The van der Waals surface area contributed by atoms with E-state index in [2.05, 4.69) is 11.9 Å². The van der Waals surface area contributed by atoms with Crippen LogP contribution in [0.4, 0.5) is 4.79 Å². The molecule has 0 radical (unpaired) electrons. The minimum atomic E-state index is -0.375. The molecule has 1 fully saturated rings. The van der Waals surface area contributed by atoms with Crippen LogP contribution in [-0.4, -0.2) is 23.0 Å². The average Bonchev–Trinajstić information content (AvgIpc) is 2.77. The van der Waals surface area contributed by atoms with Crippen molar-refractivity contribution in [3.8, 4) is 5.75 Å². The summed E-state index contributed by atoms with van der Waals surface area (Å²) < 4.78 is 5.30. The van der Waals surface area contributed by atoms with E-state index in [-0.39, 0.29) is 22.3 Å². The van der Waals surface area contributed by atoms with Crippen molar-refractivity contribution in [2.45, 2.75) is 18.6 Å². The van der Waals surface area contributed by atoms with Crippen molar-refractivity contribution in [2.24, 2.45) is 0 Å². The van der Waals surface area contributed by atoms with Gasteiger partial charge in [0.1, 0.15) is 5.75 Å². The highest BCUT2D eigenvalue weighted by Gasteiger charge is 2.31. The molecular formula is C14H15NO5S. The lowest BCUT2D eigenvalue weighted by atomic mass is 10.1. The maximum absolute atomic E-state index is 11.5. The van der Waals surface area contributed by atoms with E-state index < -0.39 is 0 Å². The van der Waals surface area contributed by atoms with E-state index in [4.69, 9.17) is 14.5 Å². The predicted molar refractivity (Wildman–Crippen MR) is 77.5 cm³/mol. The summed E-state index contributed by atoms with van der Waals surface area (Å²) >= 11 is 1.01. The molecule has 1 aromatic rings. The molecule has 1 aliphatic heterocycles. The summed E-state index contributed by atoms with van der Waals surface area (Å²) in [4.78, 5) is 32.0. The molecule has 0 bridgehead atoms. The quantitative estimate of drug-likeness (QED) is 0.473. The van der Waals surface area contributed by atoms with Crippen molar-refractivity contribution in [2.75, 3.05) is 6.61 Å². The third-order valence-corrected chi connectivity index (χ3v) is 3.59. The zero-order valence-electron chi connectivity index (χ0n) is 11.5. The number of amides is 2. The van der Waals surface area contributed by atoms with Gasteiger partial charge in [0.15, 0.2) is 0 Å². The van der Waals surface area contributed by atoms with E-state index in [1.54, 1.807) is 19.1 Å². The molecule has 1 saturated heterocycles. The highest BCUT2D eigenvalue weighted by atomic mass is 32.2. The Balaban J connectivity index is 1.88. The van der Waals surface area contributed by atoms with Gasteiger partial charge in [-0.25, -0.2) is 0 Å². The Morgan fingerprint density at radius 3 is 2.62 bits per heavy atom. The maximum Gasteiger partial charge on any atom is 0.315 e. The van der Waals surface area contributed by atoms with Crippen LogP contribution in [0.25, 0.3) is 0 Å². The fourth-order valence-electron chi connectivity index (χ4n) is 1.71. The van der Waals surface area contributed by atoms with Crippen molar-refractivity contribution < 1.29 is 24.1 Å². The second-order valence-corrected chi connectivity index (χ2v) is 5.37. The summed E-state index contributed by atoms with van der Waals surface area (Å²) in [7, 11) is 0. The van der Waals surface area contributed by atoms with E-state index in [9.17, 15) is 9.59 Å². The zero-order valence-corrected chi connectivity index (χ0v) is 12.3. The molecule has 2 amide bonds. The molecule has 1 N–H and O–H groups in total. The number of carbonyl (C=O) groups is 2. The molecular weight excluding hydrogens is 294 g/mol. The van der Waals surface area contributed by atoms with E-state index >= 15 is 0 Å². The first-order valence-electron chi connectivity index (χ1n) is 6.35. The average molecular weight is 309 g/mol. The molecule has 6 nitrogen and oxygen atoms in total. The van der Waals surface area contributed by atoms with Crippen LogP contribution in [0.15, 0.2) is 36.8 Å². The minimum absolute atomic E-state index is 0.0425. The van der Waals surface area contributed by atoms with Gasteiger partial charge in [-0.05, 0) is 37.6 Å². The van der Waals surface area contributed by atoms with Gasteiger partial charge in [-0.2, -0.15) is 4.89 Å². The molecule has 112 valence electrons. The van der Waals surface area contributed by atoms with Gasteiger partial charge in [0.05, 0.1) is 11.9 Å². The van der Waals surface area contributed by atoms with Crippen LogP contribution in [0.5, 0.6) is 5.75 Å². The van der Waals surface area contributed by atoms with Crippen LogP contribution in [0, 0.1) is 0 Å². The summed E-state index contributed by atoms with van der Waals surface area (Å²) in [6, 6.07) is 7.10. The smallest absolute Gasteiger partial charge is 0.315 e. The number of benzene rings is 1. The zero-order chi connectivity index (χ0) is 15.2. The van der Waals surface area contributed by atoms with Gasteiger partial charge < -0.3 is 4.74 Å². The molecule has 1 aliphatic rings. The Hall–Kier alpha value is -1.99. The second-order valence-electron chi connectivity index (χ2n) is 4.20. The molecule has 1 unspecified atom stereocenters. The summed E-state index contributed by atoms with van der Waals surface area (Å²) in [6.45, 7) is 5.72. The number of carbonyl (C=O) groups excluding carboxylic acids is 2. The Labute approximate surface area is 126 Å². The molecule has 0 saturated carbocycles. The molecule has 2 rings (SSSR count). The van der Waals surface area contributed by atoms with Crippen LogP contribution in [0.1, 0.15) is 12.5 Å². The Morgan fingerprint density at radius 1 is 1.33 bits per heavy atom. The van der Waals surface area contributed by atoms with Crippen LogP contribution < -0.4 is 10.1 Å². The van der Waals surface area contributed by atoms with E-state index in [0.29, 0.717) is 18.8 Å². The number of hydrogen-bond acceptors (Lipinski definition) is 6. The van der Waals surface area contributed by atoms with E-state index in [1.807, 2.05) is 12.1 Å². The number of thioether (sulfide) groups is 1. The molecule has 7 heteroatoms. The summed E-state index contributed by atoms with van der Waals surface area (Å²) in [6.07, 6.45) is 0.485. The number of nitrogens with one attached hydrogen (secondary N) is 1. The minimum Gasteiger partial charge on any atom is -0.425 e. The fourth-order valence-corrected chi connectivity index (χ4v) is 2.57. The molecule has 1 heterocycles. The van der Waals surface area contributed by atoms with Gasteiger partial charge in [-0.1, -0.05) is 23.9 Å². The summed E-state index contributed by atoms with van der Waals surface area (Å²) in [5, 5.41) is 1.59. The molecule has 0 spiro atoms. The van der Waals surface area contributed by atoms with Crippen molar-refractivity contribution in [1.29, 1.82) is 0 Å². The summed E-state index contributed by atoms with van der Waals surface area (Å²) in [5.41, 5.74) is 0.932. The van der Waals surface area contributed by atoms with Gasteiger partial charge in [-0.15, -0.1) is 0 Å². The first kappa shape index (κ1) is 15.4. The van der Waals surface area contributed by atoms with Crippen LogP contribution in [-0.2, 0) is 21.0 Å². The van der Waals surface area contributed by atoms with Crippen molar-refractivity contribution in [1.82, 2.24) is 5.32 Å². The highest BCUT2D eigenvalue weighted by Crippen LogP contribution is 2.24. The third-order valence-electron chi connectivity index (χ3n) is 2.61. The monoisotopic (exact) mass is 309 g/mol. The largest absolute Gasteiger partial charge is 0.425 e. The summed E-state index contributed by atoms with van der Waals surface area (Å²) in [5.74, 6) is 0.341. The number of ether oxygens (including phenoxy) is 1. The molecule has 1 aromatic carbocycles. The normalized spacial score (nSPS) is 17.5. The second kappa shape index (κ2) is 7.14. The number of rotatable bonds is 7. The van der Waals surface area contributed by atoms with E-state index in [0.717, 1.165) is 17.3 Å². The van der Waals surface area contributed by atoms with Gasteiger partial charge in [0.2, 0.25) is 5.91 Å². The Bertz CT molecular complexity index is 543. The molecule has 1 atom stereocenters. The lowest BCUT2D eigenvalue weighted by Gasteiger charge is -2.09. The maximum atomic E-state index is 11.5. The van der Waals surface area contributed by atoms with Crippen LogP contribution >= 0.6 is 11.8 Å². The van der Waals surface area contributed by atoms with Gasteiger partial charge in [-0.3, -0.25) is 19.8 Å². The lowest BCUT2D eigenvalue weighted by Crippen LogP contribution is -2.25. The van der Waals surface area contributed by atoms with Crippen LogP contribution in [0.2, 0.25) is 0 Å². The Morgan fingerprint density at radius 2 is 2.05 bits per heavy atom. The van der Waals surface area contributed by atoms with Crippen molar-refractivity contribution in [3.05, 3.63) is 42.4 Å². The molecule has 0 aliphatic carbocycles. The van der Waals surface area contributed by atoms with E-state index in [1.165, 1.54) is 0 Å². The third kappa shape index (κ3) is 4.51. The number of hydrogen-bond donors (Lipinski definition) is 1. The van der Waals surface area contributed by atoms with Gasteiger partial charge >= 0.3 is 5.95 Å². The Kier molecular flexibility index (Phi) is 5.24. The highest BCUT2D eigenvalue weighted by molar-refractivity contribution is 8.15. The first-order chi connectivity index (χ1) is 10.1. The first-order valence-corrected chi connectivity index (χ1v) is 7.23. The topological polar surface area (TPSA) is 73.9 Å². The van der Waals surface area contributed by atoms with Crippen molar-refractivity contribution in [3.63, 3.8) is 0 Å². The van der Waals surface area contributed by atoms with Gasteiger partial charge in [0, 0.05) is 0 Å². The lowest BCUT2D eigenvalue weighted by molar-refractivity contribution is -0.279. The fraction of sp³-hybridized carbons (Fsp3) is 0.286. The molecule has 21 heavy (non-hydrogen) atoms. The van der Waals surface area contributed by atoms with Crippen LogP contribution in [0.3, 0.4) is 0 Å². The number of imide groups is 1. The standard InChI is InChI=1S/C14H15NO5S/c1-3-18-20-9(2)19-11-6-4-10(5-7-11)8-12-13(16)15-14(17)21-12/h4-7,12H,2-3,8H2,1H3,(H,15,16,17). The predicted octanol–water partition coefficient (Wildman–Crippen LogP) is 2.40.